The zero-order valence-corrected chi connectivity index (χ0v) is 17.8. The fraction of sp³-hybridized carbons (Fsp3) is 0.348. The topological polar surface area (TPSA) is 122 Å². The molecule has 1 fully saturated rings. The molecular formula is C23H31N7. The van der Waals surface area contributed by atoms with Crippen LogP contribution >= 0.6 is 0 Å². The van der Waals surface area contributed by atoms with E-state index in [1.807, 2.05) is 44.5 Å². The number of amidine groups is 1. The Morgan fingerprint density at radius 1 is 1.33 bits per heavy atom. The number of nitrogens with one attached hydrogen (secondary N) is 5. The summed E-state index contributed by atoms with van der Waals surface area (Å²) in [5.41, 5.74) is 11.8. The molecule has 0 amide bonds. The van der Waals surface area contributed by atoms with Gasteiger partial charge in [0, 0.05) is 42.5 Å². The quantitative estimate of drug-likeness (QED) is 0.274. The van der Waals surface area contributed by atoms with Crippen molar-refractivity contribution in [2.75, 3.05) is 7.05 Å². The fourth-order valence-corrected chi connectivity index (χ4v) is 3.27. The number of dihydropyridines is 2. The van der Waals surface area contributed by atoms with E-state index in [4.69, 9.17) is 16.6 Å². The number of aliphatic imine (C=N–C) groups is 1. The number of nitrogens with zero attached hydrogens (tertiary/aromatic N) is 1. The van der Waals surface area contributed by atoms with Crippen LogP contribution in [0.1, 0.15) is 33.1 Å². The van der Waals surface area contributed by atoms with Gasteiger partial charge in [-0.15, -0.1) is 0 Å². The van der Waals surface area contributed by atoms with Crippen molar-refractivity contribution in [1.82, 2.24) is 16.0 Å². The van der Waals surface area contributed by atoms with Gasteiger partial charge in [0.05, 0.1) is 11.4 Å². The Balaban J connectivity index is 1.75. The highest BCUT2D eigenvalue weighted by molar-refractivity contribution is 5.97. The van der Waals surface area contributed by atoms with Gasteiger partial charge in [0.15, 0.2) is 0 Å². The largest absolute Gasteiger partial charge is 0.401 e. The van der Waals surface area contributed by atoms with Crippen molar-refractivity contribution in [3.63, 3.8) is 0 Å². The van der Waals surface area contributed by atoms with E-state index in [0.29, 0.717) is 11.7 Å². The van der Waals surface area contributed by atoms with Crippen LogP contribution in [0.15, 0.2) is 75.1 Å². The summed E-state index contributed by atoms with van der Waals surface area (Å²) >= 11 is 0. The molecule has 3 rings (SSSR count). The predicted octanol–water partition coefficient (Wildman–Crippen LogP) is 3.20. The van der Waals surface area contributed by atoms with Gasteiger partial charge in [-0.05, 0) is 61.0 Å². The Morgan fingerprint density at radius 3 is 2.73 bits per heavy atom. The molecule has 7 nitrogen and oxygen atoms in total. The van der Waals surface area contributed by atoms with Gasteiger partial charge in [0.2, 0.25) is 0 Å². The zero-order chi connectivity index (χ0) is 21.7. The van der Waals surface area contributed by atoms with Gasteiger partial charge in [-0.25, -0.2) is 0 Å². The highest BCUT2D eigenvalue weighted by Crippen LogP contribution is 2.35. The van der Waals surface area contributed by atoms with Gasteiger partial charge >= 0.3 is 0 Å². The van der Waals surface area contributed by atoms with Crippen LogP contribution in [0, 0.1) is 22.7 Å². The van der Waals surface area contributed by atoms with Gasteiger partial charge in [-0.2, -0.15) is 0 Å². The second-order valence-electron chi connectivity index (χ2n) is 8.04. The first-order chi connectivity index (χ1) is 14.4. The molecule has 3 aliphatic rings. The molecule has 0 unspecified atom stereocenters. The molecule has 158 valence electrons. The lowest BCUT2D eigenvalue weighted by molar-refractivity contribution is 0.802. The Hall–Kier alpha value is -3.35. The minimum Gasteiger partial charge on any atom is -0.401 e. The third kappa shape index (κ3) is 5.37. The first-order valence-electron chi connectivity index (χ1n) is 10.3. The van der Waals surface area contributed by atoms with Crippen LogP contribution in [0.25, 0.3) is 0 Å². The number of fused-ring (bicyclic) bond motifs is 1. The standard InChI is InChI=1S/C23H31N7/c1-14(2)16(11-24)10-22(26)30-23-7-6-20-21(29-23)9-17(12-28-20)18(13-27-3)19(25)8-15-4-5-15/h6-7,9-15,24,28-29H,4-5,8,25H2,1-3H3,(H2,26,30). The fourth-order valence-electron chi connectivity index (χ4n) is 3.27. The molecule has 1 saturated carbocycles. The third-order valence-corrected chi connectivity index (χ3v) is 5.19. The summed E-state index contributed by atoms with van der Waals surface area (Å²) in [6.07, 6.45) is 16.0. The minimum atomic E-state index is 0.189. The van der Waals surface area contributed by atoms with E-state index in [2.05, 4.69) is 20.9 Å². The first-order valence-corrected chi connectivity index (χ1v) is 10.3. The molecule has 0 bridgehead atoms. The summed E-state index contributed by atoms with van der Waals surface area (Å²) in [6.45, 7) is 4.01. The molecule has 2 aliphatic heterocycles. The van der Waals surface area contributed by atoms with E-state index in [1.54, 1.807) is 13.1 Å². The highest BCUT2D eigenvalue weighted by atomic mass is 15.1. The summed E-state index contributed by atoms with van der Waals surface area (Å²) in [4.78, 5) is 4.20. The molecule has 7 N–H and O–H groups in total. The van der Waals surface area contributed by atoms with Crippen molar-refractivity contribution in [2.24, 2.45) is 22.6 Å². The maximum Gasteiger partial charge on any atom is 0.123 e. The normalized spacial score (nSPS) is 19.5. The number of nitrogens with two attached hydrogens (primary N) is 1. The van der Waals surface area contributed by atoms with E-state index in [-0.39, 0.29) is 11.8 Å². The molecule has 0 aromatic heterocycles. The molecule has 0 aromatic carbocycles. The van der Waals surface area contributed by atoms with Crippen LogP contribution in [0.2, 0.25) is 0 Å². The maximum atomic E-state index is 8.19. The van der Waals surface area contributed by atoms with Crippen LogP contribution in [0.5, 0.6) is 0 Å². The zero-order valence-electron chi connectivity index (χ0n) is 17.8. The second-order valence-corrected chi connectivity index (χ2v) is 8.04. The molecule has 30 heavy (non-hydrogen) atoms. The molecule has 2 heterocycles. The van der Waals surface area contributed by atoms with Crippen LogP contribution in [0.4, 0.5) is 0 Å². The van der Waals surface area contributed by atoms with E-state index < -0.39 is 0 Å². The molecule has 0 aromatic rings. The van der Waals surface area contributed by atoms with Crippen molar-refractivity contribution >= 4 is 18.3 Å². The monoisotopic (exact) mass is 405 g/mol. The van der Waals surface area contributed by atoms with E-state index in [1.165, 1.54) is 19.1 Å². The maximum absolute atomic E-state index is 8.19. The minimum absolute atomic E-state index is 0.189. The summed E-state index contributed by atoms with van der Waals surface area (Å²) in [6, 6.07) is 0. The van der Waals surface area contributed by atoms with Crippen molar-refractivity contribution < 1.29 is 0 Å². The average Bonchev–Trinajstić information content (AvgIpc) is 3.53. The highest BCUT2D eigenvalue weighted by Gasteiger charge is 2.24. The molecular weight excluding hydrogens is 374 g/mol. The van der Waals surface area contributed by atoms with Gasteiger partial charge in [-0.3, -0.25) is 10.4 Å². The summed E-state index contributed by atoms with van der Waals surface area (Å²) in [7, 11) is 1.75. The van der Waals surface area contributed by atoms with Gasteiger partial charge in [-0.1, -0.05) is 13.8 Å². The van der Waals surface area contributed by atoms with Crippen molar-refractivity contribution in [3.8, 4) is 0 Å². The van der Waals surface area contributed by atoms with E-state index in [9.17, 15) is 0 Å². The lowest BCUT2D eigenvalue weighted by atomic mass is 9.98. The van der Waals surface area contributed by atoms with Gasteiger partial charge in [0.1, 0.15) is 11.7 Å². The lowest BCUT2D eigenvalue weighted by Crippen LogP contribution is -2.35. The van der Waals surface area contributed by atoms with Crippen molar-refractivity contribution in [3.05, 3.63) is 70.1 Å². The van der Waals surface area contributed by atoms with E-state index >= 15 is 0 Å². The molecule has 0 spiro atoms. The van der Waals surface area contributed by atoms with E-state index in [0.717, 1.165) is 40.2 Å². The van der Waals surface area contributed by atoms with Crippen LogP contribution in [0.3, 0.4) is 0 Å². The van der Waals surface area contributed by atoms with Gasteiger partial charge in [0.25, 0.3) is 0 Å². The number of hydrogen-bond donors (Lipinski definition) is 6. The SMILES string of the molecule is CN=CC(C1=CNC2=CC=C(NC(=N)C=C(C=N)C(C)C)NC2=C1)=C(N)CC1CC1. The Morgan fingerprint density at radius 2 is 2.10 bits per heavy atom. The summed E-state index contributed by atoms with van der Waals surface area (Å²) < 4.78 is 0. The third-order valence-electron chi connectivity index (χ3n) is 5.19. The van der Waals surface area contributed by atoms with Crippen molar-refractivity contribution in [1.29, 1.82) is 10.8 Å². The smallest absolute Gasteiger partial charge is 0.123 e. The molecule has 0 saturated heterocycles. The predicted molar refractivity (Wildman–Crippen MR) is 124 cm³/mol. The molecule has 7 heteroatoms. The molecule has 0 radical (unpaired) electrons. The second kappa shape index (κ2) is 9.43. The van der Waals surface area contributed by atoms with Gasteiger partial charge < -0.3 is 27.1 Å². The van der Waals surface area contributed by atoms with Crippen LogP contribution in [-0.2, 0) is 0 Å². The number of hydrogen-bond acceptors (Lipinski definition) is 6. The average molecular weight is 406 g/mol. The lowest BCUT2D eigenvalue weighted by Gasteiger charge is -2.25. The summed E-state index contributed by atoms with van der Waals surface area (Å²) in [5, 5.41) is 25.4. The van der Waals surface area contributed by atoms with Crippen LogP contribution in [-0.4, -0.2) is 25.3 Å². The Bertz CT molecular complexity index is 935. The van der Waals surface area contributed by atoms with Crippen molar-refractivity contribution in [2.45, 2.75) is 33.1 Å². The number of rotatable bonds is 8. The Labute approximate surface area is 178 Å². The Kier molecular flexibility index (Phi) is 6.72. The molecule has 1 aliphatic carbocycles. The summed E-state index contributed by atoms with van der Waals surface area (Å²) in [5.74, 6) is 1.81. The first kappa shape index (κ1) is 21.4. The molecule has 0 atom stereocenters. The number of allylic oxidation sites excluding steroid dienone is 7. The van der Waals surface area contributed by atoms with Crippen LogP contribution < -0.4 is 21.7 Å².